The molecule has 0 aromatic carbocycles. The summed E-state index contributed by atoms with van der Waals surface area (Å²) in [6.45, 7) is 0.754. The molecule has 0 saturated heterocycles. The second-order valence-corrected chi connectivity index (χ2v) is 6.35. The van der Waals surface area contributed by atoms with E-state index in [-0.39, 0.29) is 5.91 Å². The van der Waals surface area contributed by atoms with Gasteiger partial charge in [-0.3, -0.25) is 9.48 Å². The molecule has 0 spiro atoms. The number of hydrogen-bond acceptors (Lipinski definition) is 2. The molecule has 2 aliphatic carbocycles. The Morgan fingerprint density at radius 1 is 1.32 bits per heavy atom. The van der Waals surface area contributed by atoms with Crippen molar-refractivity contribution < 1.29 is 4.79 Å². The third-order valence-corrected chi connectivity index (χ3v) is 4.94. The summed E-state index contributed by atoms with van der Waals surface area (Å²) in [6, 6.07) is 3.88. The number of aromatic nitrogens is 3. The molecule has 2 aromatic heterocycles. The minimum atomic E-state index is -0.0384. The van der Waals surface area contributed by atoms with Gasteiger partial charge in [0.05, 0.1) is 6.20 Å². The summed E-state index contributed by atoms with van der Waals surface area (Å²) in [5.74, 6) is 2.74. The first-order valence-electron chi connectivity index (χ1n) is 7.84. The van der Waals surface area contributed by atoms with Gasteiger partial charge in [0.15, 0.2) is 0 Å². The number of nitrogens with zero attached hydrogens (tertiary/aromatic N) is 3. The first-order valence-corrected chi connectivity index (χ1v) is 7.84. The van der Waals surface area contributed by atoms with Crippen LogP contribution in [0, 0.1) is 17.8 Å². The Balaban J connectivity index is 1.48. The summed E-state index contributed by atoms with van der Waals surface area (Å²) in [5, 5.41) is 7.34. The Labute approximate surface area is 129 Å². The van der Waals surface area contributed by atoms with Gasteiger partial charge in [0.1, 0.15) is 11.4 Å². The van der Waals surface area contributed by atoms with Crippen LogP contribution in [0.4, 0.5) is 0 Å². The molecular formula is C17H20N4O. The molecule has 2 bridgehead atoms. The number of carbonyl (C=O) groups excluding carboxylic acids is 1. The van der Waals surface area contributed by atoms with Gasteiger partial charge in [-0.2, -0.15) is 5.10 Å². The number of aryl methyl sites for hydroxylation is 1. The Bertz CT molecular complexity index is 713. The first kappa shape index (κ1) is 13.4. The van der Waals surface area contributed by atoms with E-state index in [0.717, 1.165) is 18.3 Å². The topological polar surface area (TPSA) is 51.9 Å². The largest absolute Gasteiger partial charge is 0.352 e. The first-order chi connectivity index (χ1) is 10.7. The molecule has 1 amide bonds. The van der Waals surface area contributed by atoms with Crippen LogP contribution in [0.2, 0.25) is 0 Å². The molecule has 2 heterocycles. The molecule has 22 heavy (non-hydrogen) atoms. The van der Waals surface area contributed by atoms with E-state index in [1.807, 2.05) is 36.1 Å². The average Bonchev–Trinajstić information content (AvgIpc) is 3.27. The van der Waals surface area contributed by atoms with Gasteiger partial charge >= 0.3 is 0 Å². The minimum absolute atomic E-state index is 0.0384. The highest BCUT2D eigenvalue weighted by molar-refractivity contribution is 5.97. The molecular weight excluding hydrogens is 276 g/mol. The van der Waals surface area contributed by atoms with E-state index >= 15 is 0 Å². The predicted molar refractivity (Wildman–Crippen MR) is 83.7 cm³/mol. The zero-order valence-corrected chi connectivity index (χ0v) is 12.6. The zero-order chi connectivity index (χ0) is 15.1. The molecule has 2 aromatic rings. The molecule has 5 nitrogen and oxygen atoms in total. The number of nitrogens with one attached hydrogen (secondary N) is 1. The van der Waals surface area contributed by atoms with E-state index in [2.05, 4.69) is 22.6 Å². The number of carbonyl (C=O) groups is 1. The van der Waals surface area contributed by atoms with Crippen LogP contribution in [0.3, 0.4) is 0 Å². The van der Waals surface area contributed by atoms with Gasteiger partial charge in [0.25, 0.3) is 5.91 Å². The molecule has 3 atom stereocenters. The smallest absolute Gasteiger partial charge is 0.256 e. The zero-order valence-electron chi connectivity index (χ0n) is 12.6. The maximum absolute atomic E-state index is 12.5. The third kappa shape index (κ3) is 2.17. The lowest BCUT2D eigenvalue weighted by Gasteiger charge is -2.18. The second kappa shape index (κ2) is 5.16. The Kier molecular flexibility index (Phi) is 3.13. The van der Waals surface area contributed by atoms with E-state index in [1.165, 1.54) is 12.8 Å². The van der Waals surface area contributed by atoms with Crippen molar-refractivity contribution in [2.24, 2.45) is 24.8 Å². The maximum atomic E-state index is 12.5. The summed E-state index contributed by atoms with van der Waals surface area (Å²) in [7, 11) is 1.85. The highest BCUT2D eigenvalue weighted by atomic mass is 16.1. The summed E-state index contributed by atoms with van der Waals surface area (Å²) < 4.78 is 3.65. The van der Waals surface area contributed by atoms with Crippen LogP contribution in [0.15, 0.2) is 42.9 Å². The van der Waals surface area contributed by atoms with Gasteiger partial charge in [-0.05, 0) is 42.7 Å². The van der Waals surface area contributed by atoms with Gasteiger partial charge < -0.3 is 9.88 Å². The predicted octanol–water partition coefficient (Wildman–Crippen LogP) is 2.15. The van der Waals surface area contributed by atoms with E-state index < -0.39 is 0 Å². The lowest BCUT2D eigenvalue weighted by atomic mass is 9.93. The fourth-order valence-corrected chi connectivity index (χ4v) is 3.82. The molecule has 0 unspecified atom stereocenters. The Hall–Kier alpha value is -2.30. The van der Waals surface area contributed by atoms with Crippen LogP contribution in [-0.4, -0.2) is 26.8 Å². The number of allylic oxidation sites excluding steroid dienone is 2. The standard InChI is InChI=1S/C17H20N4O/c1-20-17(21-6-2-3-7-21)15(11-19-20)16(22)18-10-14-9-12-4-5-13(14)8-12/h2-7,11-14H,8-10H2,1H3,(H,18,22)/t12-,13+,14-/m0/s1. The van der Waals surface area contributed by atoms with Crippen molar-refractivity contribution in [2.75, 3.05) is 6.54 Å². The molecule has 4 rings (SSSR count). The maximum Gasteiger partial charge on any atom is 0.256 e. The van der Waals surface area contributed by atoms with Crippen LogP contribution < -0.4 is 5.32 Å². The third-order valence-electron chi connectivity index (χ3n) is 4.94. The quantitative estimate of drug-likeness (QED) is 0.879. The molecule has 114 valence electrons. The summed E-state index contributed by atoms with van der Waals surface area (Å²) in [6.07, 6.45) is 12.6. The van der Waals surface area contributed by atoms with E-state index in [9.17, 15) is 4.79 Å². The van der Waals surface area contributed by atoms with Gasteiger partial charge in [0, 0.05) is 26.0 Å². The number of amides is 1. The lowest BCUT2D eigenvalue weighted by Crippen LogP contribution is -2.31. The number of rotatable bonds is 4. The van der Waals surface area contributed by atoms with Crippen LogP contribution in [-0.2, 0) is 7.05 Å². The van der Waals surface area contributed by atoms with E-state index in [4.69, 9.17) is 0 Å². The van der Waals surface area contributed by atoms with Crippen LogP contribution in [0.25, 0.3) is 5.82 Å². The van der Waals surface area contributed by atoms with Crippen molar-refractivity contribution in [3.8, 4) is 5.82 Å². The monoisotopic (exact) mass is 296 g/mol. The highest BCUT2D eigenvalue weighted by Gasteiger charge is 2.35. The van der Waals surface area contributed by atoms with Gasteiger partial charge in [-0.25, -0.2) is 0 Å². The van der Waals surface area contributed by atoms with Crippen molar-refractivity contribution in [3.05, 3.63) is 48.4 Å². The average molecular weight is 296 g/mol. The summed E-state index contributed by atoms with van der Waals surface area (Å²) in [5.41, 5.74) is 0.623. The molecule has 0 radical (unpaired) electrons. The number of hydrogen-bond donors (Lipinski definition) is 1. The van der Waals surface area contributed by atoms with Gasteiger partial charge in [-0.1, -0.05) is 12.2 Å². The summed E-state index contributed by atoms with van der Waals surface area (Å²) >= 11 is 0. The molecule has 0 aliphatic heterocycles. The SMILES string of the molecule is Cn1ncc(C(=O)NC[C@@H]2C[C@H]3C=C[C@@H]2C3)c1-n1cccc1. The lowest BCUT2D eigenvalue weighted by molar-refractivity contribution is 0.0945. The van der Waals surface area contributed by atoms with Crippen molar-refractivity contribution >= 4 is 5.91 Å². The molecule has 1 fully saturated rings. The molecule has 1 N–H and O–H groups in total. The van der Waals surface area contributed by atoms with Crippen molar-refractivity contribution in [1.29, 1.82) is 0 Å². The molecule has 1 saturated carbocycles. The number of fused-ring (bicyclic) bond motifs is 2. The van der Waals surface area contributed by atoms with Crippen LogP contribution >= 0.6 is 0 Å². The fraction of sp³-hybridized carbons (Fsp3) is 0.412. The van der Waals surface area contributed by atoms with E-state index in [0.29, 0.717) is 17.4 Å². The van der Waals surface area contributed by atoms with Crippen molar-refractivity contribution in [1.82, 2.24) is 19.7 Å². The van der Waals surface area contributed by atoms with Gasteiger partial charge in [0.2, 0.25) is 0 Å². The molecule has 5 heteroatoms. The second-order valence-electron chi connectivity index (χ2n) is 6.35. The van der Waals surface area contributed by atoms with Crippen molar-refractivity contribution in [3.63, 3.8) is 0 Å². The normalized spacial score (nSPS) is 25.8. The van der Waals surface area contributed by atoms with Crippen LogP contribution in [0.1, 0.15) is 23.2 Å². The van der Waals surface area contributed by atoms with Gasteiger partial charge in [-0.15, -0.1) is 0 Å². The highest BCUT2D eigenvalue weighted by Crippen LogP contribution is 2.42. The minimum Gasteiger partial charge on any atom is -0.352 e. The Morgan fingerprint density at radius 2 is 2.14 bits per heavy atom. The van der Waals surface area contributed by atoms with E-state index in [1.54, 1.807) is 10.9 Å². The van der Waals surface area contributed by atoms with Crippen molar-refractivity contribution in [2.45, 2.75) is 12.8 Å². The summed E-state index contributed by atoms with van der Waals surface area (Å²) in [4.78, 5) is 12.5. The fourth-order valence-electron chi connectivity index (χ4n) is 3.82. The Morgan fingerprint density at radius 3 is 2.82 bits per heavy atom. The molecule has 2 aliphatic rings. The van der Waals surface area contributed by atoms with Crippen LogP contribution in [0.5, 0.6) is 0 Å².